The van der Waals surface area contributed by atoms with Crippen molar-refractivity contribution in [3.05, 3.63) is 61.1 Å². The van der Waals surface area contributed by atoms with E-state index in [2.05, 4.69) is 0 Å². The van der Waals surface area contributed by atoms with Crippen molar-refractivity contribution in [3.8, 4) is 5.69 Å². The van der Waals surface area contributed by atoms with E-state index in [1.807, 2.05) is 0 Å². The summed E-state index contributed by atoms with van der Waals surface area (Å²) in [5.74, 6) is -4.14. The van der Waals surface area contributed by atoms with Crippen molar-refractivity contribution in [3.63, 3.8) is 0 Å². The standard InChI is InChI=1S/C17H13ClF4N2O6/c1-16(2,14(27)28)30-13(26)7-4-10(9(19)5-8(7)18)24-12(25)6-11(17(20,21)22)23(3)15(24)29/h4-6H,1-3H3,(H,27,28). The van der Waals surface area contributed by atoms with Crippen LogP contribution in [-0.4, -0.2) is 31.8 Å². The van der Waals surface area contributed by atoms with Gasteiger partial charge in [0.15, 0.2) is 0 Å². The molecule has 0 saturated carbocycles. The zero-order valence-corrected chi connectivity index (χ0v) is 16.3. The summed E-state index contributed by atoms with van der Waals surface area (Å²) in [5, 5.41) is 8.48. The third-order valence-electron chi connectivity index (χ3n) is 3.97. The van der Waals surface area contributed by atoms with Crippen molar-refractivity contribution in [2.24, 2.45) is 7.05 Å². The lowest BCUT2D eigenvalue weighted by Gasteiger charge is -2.20. The van der Waals surface area contributed by atoms with Gasteiger partial charge in [-0.3, -0.25) is 9.36 Å². The monoisotopic (exact) mass is 452 g/mol. The van der Waals surface area contributed by atoms with Gasteiger partial charge in [-0.2, -0.15) is 13.2 Å². The van der Waals surface area contributed by atoms with Crippen LogP contribution in [0.25, 0.3) is 5.69 Å². The number of aliphatic carboxylic acids is 1. The van der Waals surface area contributed by atoms with Gasteiger partial charge in [-0.15, -0.1) is 0 Å². The topological polar surface area (TPSA) is 108 Å². The van der Waals surface area contributed by atoms with Crippen LogP contribution in [0, 0.1) is 5.82 Å². The van der Waals surface area contributed by atoms with Crippen LogP contribution in [-0.2, 0) is 22.8 Å². The highest BCUT2D eigenvalue weighted by Gasteiger charge is 2.36. The third kappa shape index (κ3) is 4.22. The molecule has 0 amide bonds. The van der Waals surface area contributed by atoms with Crippen molar-refractivity contribution < 1.29 is 37.0 Å². The summed E-state index contributed by atoms with van der Waals surface area (Å²) in [4.78, 5) is 47.9. The molecule has 30 heavy (non-hydrogen) atoms. The number of hydrogen-bond acceptors (Lipinski definition) is 5. The molecule has 0 atom stereocenters. The van der Waals surface area contributed by atoms with Crippen molar-refractivity contribution in [1.82, 2.24) is 9.13 Å². The van der Waals surface area contributed by atoms with Crippen LogP contribution in [0.3, 0.4) is 0 Å². The van der Waals surface area contributed by atoms with Crippen LogP contribution in [0.15, 0.2) is 27.8 Å². The minimum absolute atomic E-state index is 0.0695. The summed E-state index contributed by atoms with van der Waals surface area (Å²) in [6, 6.07) is 1.22. The Kier molecular flexibility index (Phi) is 5.86. The minimum Gasteiger partial charge on any atom is -0.478 e. The molecule has 0 fully saturated rings. The van der Waals surface area contributed by atoms with Crippen LogP contribution in [0.2, 0.25) is 5.02 Å². The van der Waals surface area contributed by atoms with E-state index in [9.17, 15) is 36.7 Å². The Morgan fingerprint density at radius 3 is 2.20 bits per heavy atom. The van der Waals surface area contributed by atoms with Gasteiger partial charge < -0.3 is 9.84 Å². The second kappa shape index (κ2) is 7.59. The van der Waals surface area contributed by atoms with E-state index in [1.54, 1.807) is 0 Å². The van der Waals surface area contributed by atoms with E-state index in [1.165, 1.54) is 0 Å². The average molecular weight is 453 g/mol. The Balaban J connectivity index is 2.71. The molecule has 1 N–H and O–H groups in total. The summed E-state index contributed by atoms with van der Waals surface area (Å²) >= 11 is 5.78. The lowest BCUT2D eigenvalue weighted by atomic mass is 10.1. The van der Waals surface area contributed by atoms with Gasteiger partial charge in [0.05, 0.1) is 16.3 Å². The quantitative estimate of drug-likeness (QED) is 0.563. The highest BCUT2D eigenvalue weighted by molar-refractivity contribution is 6.33. The van der Waals surface area contributed by atoms with E-state index in [0.717, 1.165) is 20.9 Å². The molecule has 1 aromatic carbocycles. The van der Waals surface area contributed by atoms with Gasteiger partial charge in [0.2, 0.25) is 5.60 Å². The first kappa shape index (κ1) is 23.1. The molecule has 1 aromatic heterocycles. The highest BCUT2D eigenvalue weighted by atomic mass is 35.5. The summed E-state index contributed by atoms with van der Waals surface area (Å²) < 4.78 is 58.2. The molecule has 8 nitrogen and oxygen atoms in total. The average Bonchev–Trinajstić information content (AvgIpc) is 2.58. The Morgan fingerprint density at radius 2 is 1.70 bits per heavy atom. The number of esters is 1. The van der Waals surface area contributed by atoms with E-state index in [4.69, 9.17) is 21.4 Å². The molecule has 0 spiro atoms. The number of carboxylic acids is 1. The molecule has 0 aliphatic heterocycles. The molecule has 0 aliphatic rings. The van der Waals surface area contributed by atoms with E-state index < -0.39 is 62.7 Å². The van der Waals surface area contributed by atoms with Gasteiger partial charge >= 0.3 is 23.8 Å². The smallest absolute Gasteiger partial charge is 0.431 e. The maximum atomic E-state index is 14.4. The van der Waals surface area contributed by atoms with Crippen molar-refractivity contribution in [2.45, 2.75) is 25.6 Å². The predicted octanol–water partition coefficient (Wildman–Crippen LogP) is 2.37. The summed E-state index contributed by atoms with van der Waals surface area (Å²) in [5.41, 5.74) is -8.12. The van der Waals surface area contributed by atoms with Crippen LogP contribution in [0.1, 0.15) is 29.9 Å². The minimum atomic E-state index is -5.03. The Bertz CT molecular complexity index is 1170. The van der Waals surface area contributed by atoms with E-state index in [-0.39, 0.29) is 15.2 Å². The first-order valence-electron chi connectivity index (χ1n) is 7.94. The molecule has 13 heteroatoms. The van der Waals surface area contributed by atoms with Gasteiger partial charge in [-0.25, -0.2) is 23.3 Å². The number of hydrogen-bond donors (Lipinski definition) is 1. The molecular weight excluding hydrogens is 440 g/mol. The fourth-order valence-corrected chi connectivity index (χ4v) is 2.54. The SMILES string of the molecule is Cn1c(C(F)(F)F)cc(=O)n(-c2cc(C(=O)OC(C)(C)C(=O)O)c(Cl)cc2F)c1=O. The second-order valence-corrected chi connectivity index (χ2v) is 6.94. The Hall–Kier alpha value is -3.15. The normalized spacial score (nSPS) is 12.0. The van der Waals surface area contributed by atoms with Crippen LogP contribution >= 0.6 is 11.6 Å². The molecule has 0 radical (unpaired) electrons. The number of carboxylic acid groups (broad SMARTS) is 1. The summed E-state index contributed by atoms with van der Waals surface area (Å²) in [6.07, 6.45) is -5.03. The van der Waals surface area contributed by atoms with Gasteiger partial charge in [0, 0.05) is 13.1 Å². The Labute approximate surface area is 169 Å². The van der Waals surface area contributed by atoms with E-state index >= 15 is 0 Å². The van der Waals surface area contributed by atoms with Crippen LogP contribution in [0.4, 0.5) is 17.6 Å². The first-order valence-corrected chi connectivity index (χ1v) is 8.32. The number of carbonyl (C=O) groups excluding carboxylic acids is 1. The van der Waals surface area contributed by atoms with Gasteiger partial charge in [0.1, 0.15) is 11.5 Å². The predicted molar refractivity (Wildman–Crippen MR) is 94.4 cm³/mol. The van der Waals surface area contributed by atoms with Crippen molar-refractivity contribution in [2.75, 3.05) is 0 Å². The van der Waals surface area contributed by atoms with Crippen molar-refractivity contribution in [1.29, 1.82) is 0 Å². The third-order valence-corrected chi connectivity index (χ3v) is 4.28. The van der Waals surface area contributed by atoms with Gasteiger partial charge in [-0.05, 0) is 26.0 Å². The zero-order valence-electron chi connectivity index (χ0n) is 15.5. The molecule has 1 heterocycles. The molecule has 0 aliphatic carbocycles. The number of rotatable bonds is 4. The number of carbonyl (C=O) groups is 2. The zero-order chi connectivity index (χ0) is 23.2. The fourth-order valence-electron chi connectivity index (χ4n) is 2.32. The van der Waals surface area contributed by atoms with Crippen LogP contribution in [0.5, 0.6) is 0 Å². The number of nitrogens with zero attached hydrogens (tertiary/aromatic N) is 2. The molecule has 2 aromatic rings. The molecule has 0 unspecified atom stereocenters. The number of aromatic nitrogens is 2. The maximum Gasteiger partial charge on any atom is 0.431 e. The largest absolute Gasteiger partial charge is 0.478 e. The molecule has 0 bridgehead atoms. The molecule has 0 saturated heterocycles. The summed E-state index contributed by atoms with van der Waals surface area (Å²) in [6.45, 7) is 2.09. The lowest BCUT2D eigenvalue weighted by molar-refractivity contribution is -0.155. The van der Waals surface area contributed by atoms with Gasteiger partial charge in [0.25, 0.3) is 5.56 Å². The molecule has 2 rings (SSSR count). The molecule has 162 valence electrons. The van der Waals surface area contributed by atoms with Crippen molar-refractivity contribution >= 4 is 23.5 Å². The van der Waals surface area contributed by atoms with E-state index in [0.29, 0.717) is 12.1 Å². The lowest BCUT2D eigenvalue weighted by Crippen LogP contribution is -2.41. The number of benzene rings is 1. The van der Waals surface area contributed by atoms with Gasteiger partial charge in [-0.1, -0.05) is 11.6 Å². The fraction of sp³-hybridized carbons (Fsp3) is 0.294. The molecular formula is C17H13ClF4N2O6. The second-order valence-electron chi connectivity index (χ2n) is 6.53. The number of halogens is 5. The summed E-state index contributed by atoms with van der Waals surface area (Å²) in [7, 11) is 0.722. The Morgan fingerprint density at radius 1 is 1.13 bits per heavy atom. The number of ether oxygens (including phenoxy) is 1. The highest BCUT2D eigenvalue weighted by Crippen LogP contribution is 2.28. The number of alkyl halides is 3. The van der Waals surface area contributed by atoms with Crippen LogP contribution < -0.4 is 11.2 Å². The maximum absolute atomic E-state index is 14.4. The first-order chi connectivity index (χ1) is 13.6.